The summed E-state index contributed by atoms with van der Waals surface area (Å²) in [6.07, 6.45) is 0.588. The summed E-state index contributed by atoms with van der Waals surface area (Å²) in [5.41, 5.74) is 2.45. The quantitative estimate of drug-likeness (QED) is 0.734. The Balaban J connectivity index is 1.98. The first-order chi connectivity index (χ1) is 12.8. The van der Waals surface area contributed by atoms with Crippen LogP contribution in [0.2, 0.25) is 0 Å². The van der Waals surface area contributed by atoms with Gasteiger partial charge < -0.3 is 9.47 Å². The molecule has 2 aromatic carbocycles. The third kappa shape index (κ3) is 3.44. The number of fused-ring (bicyclic) bond motifs is 1. The van der Waals surface area contributed by atoms with Crippen molar-refractivity contribution >= 4 is 15.8 Å². The van der Waals surface area contributed by atoms with Gasteiger partial charge >= 0.3 is 0 Å². The maximum atomic E-state index is 13.2. The molecule has 1 heterocycles. The van der Waals surface area contributed by atoms with Crippen LogP contribution >= 0.6 is 0 Å². The molecule has 0 fully saturated rings. The van der Waals surface area contributed by atoms with Gasteiger partial charge in [0.15, 0.2) is 17.3 Å². The summed E-state index contributed by atoms with van der Waals surface area (Å²) in [5.74, 6) is 1.12. The van der Waals surface area contributed by atoms with Crippen molar-refractivity contribution in [2.75, 3.05) is 20.8 Å². The van der Waals surface area contributed by atoms with Gasteiger partial charge in [-0.25, -0.2) is 8.42 Å². The van der Waals surface area contributed by atoms with E-state index in [1.165, 1.54) is 23.4 Å². The van der Waals surface area contributed by atoms with E-state index in [1.54, 1.807) is 26.4 Å². The van der Waals surface area contributed by atoms with Crippen LogP contribution in [-0.4, -0.2) is 39.3 Å². The van der Waals surface area contributed by atoms with Crippen molar-refractivity contribution in [2.45, 2.75) is 31.2 Å². The molecule has 0 aromatic heterocycles. The van der Waals surface area contributed by atoms with E-state index in [4.69, 9.17) is 9.47 Å². The van der Waals surface area contributed by atoms with E-state index >= 15 is 0 Å². The van der Waals surface area contributed by atoms with Crippen LogP contribution < -0.4 is 9.47 Å². The molecule has 2 aromatic rings. The maximum Gasteiger partial charge on any atom is 0.243 e. The first-order valence-corrected chi connectivity index (χ1v) is 10.1. The smallest absolute Gasteiger partial charge is 0.243 e. The molecule has 1 aliphatic heterocycles. The van der Waals surface area contributed by atoms with Crippen LogP contribution in [0.15, 0.2) is 41.3 Å². The SMILES string of the molecule is COc1cc2c(cc1OC)C(C)N(S(=O)(=O)c1ccc(C(C)=O)cc1)CC2. The fourth-order valence-corrected chi connectivity index (χ4v) is 5.06. The van der Waals surface area contributed by atoms with Crippen molar-refractivity contribution in [1.29, 1.82) is 0 Å². The third-order valence-electron chi connectivity index (χ3n) is 5.00. The average molecular weight is 389 g/mol. The van der Waals surface area contributed by atoms with Gasteiger partial charge in [0.05, 0.1) is 19.1 Å². The molecule has 0 aliphatic carbocycles. The molecule has 6 nitrogen and oxygen atoms in total. The summed E-state index contributed by atoms with van der Waals surface area (Å²) in [4.78, 5) is 11.6. The molecule has 0 spiro atoms. The molecule has 0 saturated carbocycles. The first kappa shape index (κ1) is 19.4. The van der Waals surface area contributed by atoms with E-state index < -0.39 is 10.0 Å². The van der Waals surface area contributed by atoms with Crippen LogP contribution in [0.3, 0.4) is 0 Å². The lowest BCUT2D eigenvalue weighted by Gasteiger charge is -2.34. The molecule has 0 radical (unpaired) electrons. The van der Waals surface area contributed by atoms with E-state index in [2.05, 4.69) is 0 Å². The second-order valence-electron chi connectivity index (χ2n) is 6.53. The van der Waals surface area contributed by atoms with Gasteiger partial charge in [-0.2, -0.15) is 4.31 Å². The number of methoxy groups -OCH3 is 2. The number of hydrogen-bond acceptors (Lipinski definition) is 5. The molecule has 1 unspecified atom stereocenters. The van der Waals surface area contributed by atoms with Gasteiger partial charge in [0.2, 0.25) is 10.0 Å². The van der Waals surface area contributed by atoms with Gasteiger partial charge in [-0.05, 0) is 55.7 Å². The fourth-order valence-electron chi connectivity index (χ4n) is 3.45. The Morgan fingerprint density at radius 1 is 1.07 bits per heavy atom. The van der Waals surface area contributed by atoms with Gasteiger partial charge in [-0.3, -0.25) is 4.79 Å². The van der Waals surface area contributed by atoms with Crippen LogP contribution in [0.4, 0.5) is 0 Å². The zero-order chi connectivity index (χ0) is 19.8. The minimum Gasteiger partial charge on any atom is -0.493 e. The van der Waals surface area contributed by atoms with Crippen molar-refractivity contribution in [1.82, 2.24) is 4.31 Å². The highest BCUT2D eigenvalue weighted by Crippen LogP contribution is 2.39. The van der Waals surface area contributed by atoms with Crippen molar-refractivity contribution in [3.63, 3.8) is 0 Å². The predicted molar refractivity (Wildman–Crippen MR) is 102 cm³/mol. The van der Waals surface area contributed by atoms with Crippen molar-refractivity contribution in [3.05, 3.63) is 53.1 Å². The van der Waals surface area contributed by atoms with Crippen LogP contribution in [0.25, 0.3) is 0 Å². The van der Waals surface area contributed by atoms with Crippen LogP contribution in [0.5, 0.6) is 11.5 Å². The molecular weight excluding hydrogens is 366 g/mol. The standard InChI is InChI=1S/C20H23NO5S/c1-13-18-12-20(26-4)19(25-3)11-16(18)9-10-21(13)27(23,24)17-7-5-15(6-8-17)14(2)22/h5-8,11-13H,9-10H2,1-4H3. The largest absolute Gasteiger partial charge is 0.493 e. The average Bonchev–Trinajstić information content (AvgIpc) is 2.67. The fraction of sp³-hybridized carbons (Fsp3) is 0.350. The number of carbonyl (C=O) groups is 1. The zero-order valence-corrected chi connectivity index (χ0v) is 16.7. The third-order valence-corrected chi connectivity index (χ3v) is 6.98. The number of ether oxygens (including phenoxy) is 2. The Bertz CT molecular complexity index is 967. The van der Waals surface area contributed by atoms with Gasteiger partial charge in [-0.1, -0.05) is 12.1 Å². The second-order valence-corrected chi connectivity index (χ2v) is 8.42. The zero-order valence-electron chi connectivity index (χ0n) is 15.9. The lowest BCUT2D eigenvalue weighted by molar-refractivity contribution is 0.101. The first-order valence-electron chi connectivity index (χ1n) is 8.67. The summed E-state index contributed by atoms with van der Waals surface area (Å²) < 4.78 is 38.5. The van der Waals surface area contributed by atoms with Gasteiger partial charge in [-0.15, -0.1) is 0 Å². The Hall–Kier alpha value is -2.38. The molecule has 27 heavy (non-hydrogen) atoms. The molecule has 1 atom stereocenters. The van der Waals surface area contributed by atoms with Crippen molar-refractivity contribution in [2.24, 2.45) is 0 Å². The monoisotopic (exact) mass is 389 g/mol. The number of ketones is 1. The Labute approximate surface area is 159 Å². The predicted octanol–water partition coefficient (Wildman–Crippen LogP) is 3.21. The van der Waals surface area contributed by atoms with Crippen LogP contribution in [0, 0.1) is 0 Å². The highest BCUT2D eigenvalue weighted by atomic mass is 32.2. The Kier molecular flexibility index (Phi) is 5.26. The number of nitrogens with zero attached hydrogens (tertiary/aromatic N) is 1. The molecule has 3 rings (SSSR count). The van der Waals surface area contributed by atoms with E-state index in [1.807, 2.05) is 19.1 Å². The highest BCUT2D eigenvalue weighted by Gasteiger charge is 2.34. The molecule has 0 saturated heterocycles. The highest BCUT2D eigenvalue weighted by molar-refractivity contribution is 7.89. The molecular formula is C20H23NO5S. The molecule has 144 valence electrons. The van der Waals surface area contributed by atoms with Crippen molar-refractivity contribution < 1.29 is 22.7 Å². The minimum atomic E-state index is -3.68. The number of rotatable bonds is 5. The van der Waals surface area contributed by atoms with Gasteiger partial charge in [0.1, 0.15) is 0 Å². The number of carbonyl (C=O) groups excluding carboxylic acids is 1. The molecule has 1 aliphatic rings. The van der Waals surface area contributed by atoms with Crippen LogP contribution in [-0.2, 0) is 16.4 Å². The topological polar surface area (TPSA) is 72.9 Å². The normalized spacial score (nSPS) is 17.3. The van der Waals surface area contributed by atoms with E-state index in [0.29, 0.717) is 30.0 Å². The van der Waals surface area contributed by atoms with Crippen LogP contribution in [0.1, 0.15) is 41.4 Å². The molecule has 0 amide bonds. The molecule has 7 heteroatoms. The number of sulfonamides is 1. The summed E-state index contributed by atoms with van der Waals surface area (Å²) >= 11 is 0. The summed E-state index contributed by atoms with van der Waals surface area (Å²) in [6.45, 7) is 3.70. The number of benzene rings is 2. The Morgan fingerprint density at radius 2 is 1.67 bits per heavy atom. The van der Waals surface area contributed by atoms with E-state index in [0.717, 1.165) is 11.1 Å². The number of hydrogen-bond donors (Lipinski definition) is 0. The molecule has 0 bridgehead atoms. The van der Waals surface area contributed by atoms with E-state index in [-0.39, 0.29) is 16.7 Å². The van der Waals surface area contributed by atoms with Gasteiger partial charge in [0.25, 0.3) is 0 Å². The van der Waals surface area contributed by atoms with Gasteiger partial charge in [0, 0.05) is 18.2 Å². The second kappa shape index (κ2) is 7.32. The van der Waals surface area contributed by atoms with E-state index in [9.17, 15) is 13.2 Å². The molecule has 0 N–H and O–H groups in total. The number of Topliss-reactive ketones (excluding diaryl/α,β-unsaturated/α-hetero) is 1. The lowest BCUT2D eigenvalue weighted by Crippen LogP contribution is -2.38. The maximum absolute atomic E-state index is 13.2. The van der Waals surface area contributed by atoms with Crippen molar-refractivity contribution in [3.8, 4) is 11.5 Å². The lowest BCUT2D eigenvalue weighted by atomic mass is 9.94. The summed E-state index contributed by atoms with van der Waals surface area (Å²) in [5, 5.41) is 0. The minimum absolute atomic E-state index is 0.0970. The summed E-state index contributed by atoms with van der Waals surface area (Å²) in [7, 11) is -0.542. The Morgan fingerprint density at radius 3 is 2.22 bits per heavy atom. The summed E-state index contributed by atoms with van der Waals surface area (Å²) in [6, 6.07) is 9.49.